The van der Waals surface area contributed by atoms with E-state index in [2.05, 4.69) is 16.7 Å². The van der Waals surface area contributed by atoms with Crippen molar-refractivity contribution < 1.29 is 19.1 Å². The van der Waals surface area contributed by atoms with Crippen molar-refractivity contribution >= 4 is 17.9 Å². The third kappa shape index (κ3) is 8.40. The first kappa shape index (κ1) is 29.0. The fourth-order valence-electron chi connectivity index (χ4n) is 3.37. The number of carbonyl (C=O) groups is 3. The number of unbranched alkanes of at least 4 members (excludes halogenated alkanes) is 1. The number of terminal acetylenes is 1. The standard InChI is InChI=1S/C27H41N3O4/c1-10-13-16-28-24(31)23(21-15-14-19(5)20(6)17-21)30(12-3)25(32)22(18(4)11-2)29-26(33)34-27(7,8)9/h3,14-15,17-18,22-23H,10-11,13,16H2,1-2,4-9H3,(H,28,31)(H,29,33). The predicted molar refractivity (Wildman–Crippen MR) is 135 cm³/mol. The van der Waals surface area contributed by atoms with Crippen LogP contribution in [0.3, 0.4) is 0 Å². The Morgan fingerprint density at radius 2 is 1.79 bits per heavy atom. The van der Waals surface area contributed by atoms with Gasteiger partial charge in [-0.25, -0.2) is 4.79 Å². The van der Waals surface area contributed by atoms with E-state index in [4.69, 9.17) is 11.2 Å². The molecule has 1 aromatic carbocycles. The maximum absolute atomic E-state index is 13.7. The lowest BCUT2D eigenvalue weighted by atomic mass is 9.95. The zero-order valence-corrected chi connectivity index (χ0v) is 22.0. The number of benzene rings is 1. The maximum Gasteiger partial charge on any atom is 0.408 e. The molecule has 7 nitrogen and oxygen atoms in total. The van der Waals surface area contributed by atoms with Crippen LogP contribution < -0.4 is 10.6 Å². The minimum absolute atomic E-state index is 0.237. The van der Waals surface area contributed by atoms with Gasteiger partial charge in [-0.1, -0.05) is 58.2 Å². The van der Waals surface area contributed by atoms with Crippen molar-refractivity contribution in [3.05, 3.63) is 34.9 Å². The second-order valence-electron chi connectivity index (χ2n) is 9.74. The van der Waals surface area contributed by atoms with E-state index in [1.54, 1.807) is 20.8 Å². The van der Waals surface area contributed by atoms with Crippen LogP contribution in [-0.4, -0.2) is 41.0 Å². The average Bonchev–Trinajstić information content (AvgIpc) is 2.75. The second-order valence-corrected chi connectivity index (χ2v) is 9.74. The highest BCUT2D eigenvalue weighted by molar-refractivity contribution is 5.93. The third-order valence-electron chi connectivity index (χ3n) is 5.71. The Kier molecular flexibility index (Phi) is 11.1. The van der Waals surface area contributed by atoms with E-state index in [1.165, 1.54) is 0 Å². The molecule has 0 heterocycles. The molecule has 3 unspecified atom stereocenters. The SMILES string of the molecule is C#CN(C(=O)C(NC(=O)OC(C)(C)C)C(C)CC)C(C(=O)NCCCC)c1ccc(C)c(C)c1. The smallest absolute Gasteiger partial charge is 0.408 e. The Labute approximate surface area is 205 Å². The molecule has 188 valence electrons. The van der Waals surface area contributed by atoms with Crippen molar-refractivity contribution in [3.8, 4) is 12.5 Å². The summed E-state index contributed by atoms with van der Waals surface area (Å²) in [6.45, 7) is 15.4. The summed E-state index contributed by atoms with van der Waals surface area (Å²) in [7, 11) is 0. The van der Waals surface area contributed by atoms with Crippen LogP contribution in [0.5, 0.6) is 0 Å². The van der Waals surface area contributed by atoms with Crippen LogP contribution in [0, 0.1) is 32.2 Å². The second kappa shape index (κ2) is 13.0. The van der Waals surface area contributed by atoms with Crippen LogP contribution in [-0.2, 0) is 14.3 Å². The lowest BCUT2D eigenvalue weighted by Crippen LogP contribution is -2.54. The number of carbonyl (C=O) groups excluding carboxylic acids is 3. The number of aryl methyl sites for hydroxylation is 2. The highest BCUT2D eigenvalue weighted by Gasteiger charge is 2.37. The van der Waals surface area contributed by atoms with Gasteiger partial charge in [0, 0.05) is 12.6 Å². The van der Waals surface area contributed by atoms with Gasteiger partial charge < -0.3 is 15.4 Å². The van der Waals surface area contributed by atoms with Gasteiger partial charge in [-0.3, -0.25) is 14.5 Å². The number of rotatable bonds is 10. The first-order valence-corrected chi connectivity index (χ1v) is 12.0. The lowest BCUT2D eigenvalue weighted by molar-refractivity contribution is -0.139. The zero-order chi connectivity index (χ0) is 26.1. The van der Waals surface area contributed by atoms with Crippen LogP contribution in [0.4, 0.5) is 4.79 Å². The minimum Gasteiger partial charge on any atom is -0.444 e. The van der Waals surface area contributed by atoms with Gasteiger partial charge in [0.05, 0.1) is 0 Å². The van der Waals surface area contributed by atoms with Gasteiger partial charge in [-0.2, -0.15) is 0 Å². The molecule has 0 aliphatic rings. The molecule has 0 aromatic heterocycles. The van der Waals surface area contributed by atoms with Gasteiger partial charge in [0.15, 0.2) is 0 Å². The molecule has 0 fully saturated rings. The van der Waals surface area contributed by atoms with Gasteiger partial charge in [0.1, 0.15) is 17.7 Å². The molecule has 7 heteroatoms. The van der Waals surface area contributed by atoms with Crippen molar-refractivity contribution in [1.29, 1.82) is 0 Å². The highest BCUT2D eigenvalue weighted by atomic mass is 16.6. The summed E-state index contributed by atoms with van der Waals surface area (Å²) in [4.78, 5) is 40.6. The Bertz CT molecular complexity index is 898. The van der Waals surface area contributed by atoms with E-state index >= 15 is 0 Å². The monoisotopic (exact) mass is 471 g/mol. The van der Waals surface area contributed by atoms with E-state index in [0.717, 1.165) is 28.9 Å². The van der Waals surface area contributed by atoms with E-state index in [1.807, 2.05) is 52.8 Å². The Hall–Kier alpha value is -3.01. The van der Waals surface area contributed by atoms with Crippen molar-refractivity contribution in [2.75, 3.05) is 6.54 Å². The number of nitrogens with zero attached hydrogens (tertiary/aromatic N) is 1. The van der Waals surface area contributed by atoms with Crippen LogP contribution in [0.25, 0.3) is 0 Å². The molecule has 0 spiro atoms. The zero-order valence-electron chi connectivity index (χ0n) is 22.0. The molecule has 0 bridgehead atoms. The summed E-state index contributed by atoms with van der Waals surface area (Å²) >= 11 is 0. The summed E-state index contributed by atoms with van der Waals surface area (Å²) in [5, 5.41) is 5.58. The Balaban J connectivity index is 3.40. The molecule has 3 atom stereocenters. The molecule has 0 saturated heterocycles. The van der Waals surface area contributed by atoms with Crippen molar-refractivity contribution in [1.82, 2.24) is 15.5 Å². The lowest BCUT2D eigenvalue weighted by Gasteiger charge is -2.32. The first-order valence-electron chi connectivity index (χ1n) is 12.0. The van der Waals surface area contributed by atoms with Crippen LogP contribution in [0.15, 0.2) is 18.2 Å². The number of amides is 3. The molecule has 2 N–H and O–H groups in total. The molecule has 0 aliphatic heterocycles. The summed E-state index contributed by atoms with van der Waals surface area (Å²) in [5.74, 6) is -1.13. The van der Waals surface area contributed by atoms with Crippen LogP contribution in [0.2, 0.25) is 0 Å². The summed E-state index contributed by atoms with van der Waals surface area (Å²) in [5.41, 5.74) is 1.94. The topological polar surface area (TPSA) is 87.7 Å². The molecule has 1 aromatic rings. The van der Waals surface area contributed by atoms with Gasteiger partial charge in [-0.15, -0.1) is 0 Å². The molecular formula is C27H41N3O4. The van der Waals surface area contributed by atoms with Gasteiger partial charge in [0.25, 0.3) is 5.91 Å². The molecule has 0 aliphatic carbocycles. The largest absolute Gasteiger partial charge is 0.444 e. The number of alkyl carbamates (subject to hydrolysis) is 1. The summed E-state index contributed by atoms with van der Waals surface area (Å²) in [6.07, 6.45) is 7.45. The molecule has 34 heavy (non-hydrogen) atoms. The number of ether oxygens (including phenoxy) is 1. The minimum atomic E-state index is -1.03. The van der Waals surface area contributed by atoms with E-state index in [-0.39, 0.29) is 11.8 Å². The quantitative estimate of drug-likeness (QED) is 0.296. The van der Waals surface area contributed by atoms with Crippen molar-refractivity contribution in [2.45, 2.75) is 92.3 Å². The average molecular weight is 472 g/mol. The summed E-state index contributed by atoms with van der Waals surface area (Å²) in [6, 6.07) is 6.02. The van der Waals surface area contributed by atoms with E-state index in [0.29, 0.717) is 18.5 Å². The number of hydrogen-bond acceptors (Lipinski definition) is 4. The molecule has 1 rings (SSSR count). The third-order valence-corrected chi connectivity index (χ3v) is 5.71. The number of hydrogen-bond donors (Lipinski definition) is 2. The molecular weight excluding hydrogens is 430 g/mol. The van der Waals surface area contributed by atoms with Crippen molar-refractivity contribution in [2.24, 2.45) is 5.92 Å². The summed E-state index contributed by atoms with van der Waals surface area (Å²) < 4.78 is 5.36. The fraction of sp³-hybridized carbons (Fsp3) is 0.593. The molecule has 3 amide bonds. The maximum atomic E-state index is 13.7. The highest BCUT2D eigenvalue weighted by Crippen LogP contribution is 2.25. The fourth-order valence-corrected chi connectivity index (χ4v) is 3.37. The van der Waals surface area contributed by atoms with Gasteiger partial charge >= 0.3 is 6.09 Å². The van der Waals surface area contributed by atoms with Gasteiger partial charge in [-0.05, 0) is 63.6 Å². The van der Waals surface area contributed by atoms with Crippen LogP contribution in [0.1, 0.15) is 83.5 Å². The Morgan fingerprint density at radius 3 is 2.29 bits per heavy atom. The molecule has 0 saturated carbocycles. The van der Waals surface area contributed by atoms with E-state index < -0.39 is 29.7 Å². The normalized spacial score (nSPS) is 13.7. The predicted octanol–water partition coefficient (Wildman–Crippen LogP) is 4.62. The molecule has 0 radical (unpaired) electrons. The Morgan fingerprint density at radius 1 is 1.15 bits per heavy atom. The van der Waals surface area contributed by atoms with Crippen LogP contribution >= 0.6 is 0 Å². The first-order chi connectivity index (χ1) is 15.9. The van der Waals surface area contributed by atoms with E-state index in [9.17, 15) is 14.4 Å². The number of nitrogens with one attached hydrogen (secondary N) is 2. The van der Waals surface area contributed by atoms with Crippen molar-refractivity contribution in [3.63, 3.8) is 0 Å². The van der Waals surface area contributed by atoms with Gasteiger partial charge in [0.2, 0.25) is 5.91 Å².